The van der Waals surface area contributed by atoms with E-state index in [0.29, 0.717) is 0 Å². The molecule has 0 spiro atoms. The second kappa shape index (κ2) is 9.45. The lowest BCUT2D eigenvalue weighted by atomic mass is 10.1. The zero-order chi connectivity index (χ0) is 20.9. The first-order valence-corrected chi connectivity index (χ1v) is 11.6. The maximum atomic E-state index is 5.80. The number of nitrogens with one attached hydrogen (secondary N) is 2. The first-order chi connectivity index (χ1) is 14.6. The molecule has 0 aliphatic rings. The van der Waals surface area contributed by atoms with Crippen LogP contribution in [0.25, 0.3) is 10.9 Å². The number of thiocarbonyl (C=S) groups is 1. The summed E-state index contributed by atoms with van der Waals surface area (Å²) >= 11 is 7.58. The minimum atomic E-state index is 0.742. The van der Waals surface area contributed by atoms with Crippen molar-refractivity contribution in [2.75, 3.05) is 6.54 Å². The van der Waals surface area contributed by atoms with Crippen molar-refractivity contribution in [1.29, 1.82) is 0 Å². The highest BCUT2D eigenvalue weighted by atomic mass is 32.1. The van der Waals surface area contributed by atoms with Crippen LogP contribution in [0, 0.1) is 13.8 Å². The predicted molar refractivity (Wildman–Crippen MR) is 132 cm³/mol. The fraction of sp³-hybridized carbons (Fsp3) is 0.240. The van der Waals surface area contributed by atoms with Gasteiger partial charge in [0.1, 0.15) is 0 Å². The van der Waals surface area contributed by atoms with Crippen molar-refractivity contribution >= 4 is 39.6 Å². The molecular weight excluding hydrogens is 406 g/mol. The third-order valence-electron chi connectivity index (χ3n) is 5.41. The van der Waals surface area contributed by atoms with E-state index in [1.54, 1.807) is 11.3 Å². The van der Waals surface area contributed by atoms with Crippen molar-refractivity contribution in [2.45, 2.75) is 33.4 Å². The number of benzene rings is 2. The van der Waals surface area contributed by atoms with Crippen LogP contribution in [-0.2, 0) is 19.5 Å². The Labute approximate surface area is 187 Å². The third kappa shape index (κ3) is 4.91. The number of thiophene rings is 1. The van der Waals surface area contributed by atoms with E-state index >= 15 is 0 Å². The summed E-state index contributed by atoms with van der Waals surface area (Å²) < 4.78 is 0. The zero-order valence-corrected chi connectivity index (χ0v) is 19.1. The molecule has 0 unspecified atom stereocenters. The highest BCUT2D eigenvalue weighted by Gasteiger charge is 2.14. The van der Waals surface area contributed by atoms with Crippen molar-refractivity contribution in [3.05, 3.63) is 93.3 Å². The van der Waals surface area contributed by atoms with E-state index in [2.05, 4.69) is 89.0 Å². The Morgan fingerprint density at radius 1 is 1.07 bits per heavy atom. The molecule has 2 N–H and O–H groups in total. The third-order valence-corrected chi connectivity index (χ3v) is 6.67. The second-order valence-corrected chi connectivity index (χ2v) is 9.09. The minimum Gasteiger partial charge on any atom is -0.358 e. The van der Waals surface area contributed by atoms with Crippen molar-refractivity contribution in [3.8, 4) is 0 Å². The van der Waals surface area contributed by atoms with E-state index in [-0.39, 0.29) is 0 Å². The maximum Gasteiger partial charge on any atom is 0.169 e. The van der Waals surface area contributed by atoms with Crippen molar-refractivity contribution in [2.24, 2.45) is 0 Å². The van der Waals surface area contributed by atoms with Crippen LogP contribution >= 0.6 is 23.6 Å². The van der Waals surface area contributed by atoms with Gasteiger partial charge in [0.15, 0.2) is 5.11 Å². The van der Waals surface area contributed by atoms with Gasteiger partial charge in [-0.25, -0.2) is 0 Å². The SMILES string of the molecule is Cc1ccc2[nH]c(C)c(CCN(Cc3cccs3)C(=S)NCc3ccccc3)c2c1. The van der Waals surface area contributed by atoms with E-state index in [1.807, 2.05) is 6.07 Å². The fourth-order valence-corrected chi connectivity index (χ4v) is 4.74. The Hall–Kier alpha value is -2.63. The molecule has 0 saturated carbocycles. The van der Waals surface area contributed by atoms with Crippen LogP contribution < -0.4 is 5.32 Å². The van der Waals surface area contributed by atoms with Crippen molar-refractivity contribution in [1.82, 2.24) is 15.2 Å². The van der Waals surface area contributed by atoms with Gasteiger partial charge in [-0.3, -0.25) is 0 Å². The molecule has 154 valence electrons. The first-order valence-electron chi connectivity index (χ1n) is 10.3. The predicted octanol–water partition coefficient (Wildman–Crippen LogP) is 5.97. The molecule has 5 heteroatoms. The number of fused-ring (bicyclic) bond motifs is 1. The van der Waals surface area contributed by atoms with Gasteiger partial charge in [-0.2, -0.15) is 0 Å². The molecule has 0 saturated heterocycles. The van der Waals surface area contributed by atoms with Gasteiger partial charge >= 0.3 is 0 Å². The average Bonchev–Trinajstić information content (AvgIpc) is 3.37. The molecule has 2 aromatic heterocycles. The summed E-state index contributed by atoms with van der Waals surface area (Å²) in [5.74, 6) is 0. The van der Waals surface area contributed by atoms with Gasteiger partial charge in [-0.05, 0) is 67.2 Å². The van der Waals surface area contributed by atoms with E-state index in [9.17, 15) is 0 Å². The van der Waals surface area contributed by atoms with Crippen LogP contribution in [0.15, 0.2) is 66.0 Å². The minimum absolute atomic E-state index is 0.742. The lowest BCUT2D eigenvalue weighted by Crippen LogP contribution is -2.40. The fourth-order valence-electron chi connectivity index (χ4n) is 3.79. The van der Waals surface area contributed by atoms with Crippen LogP contribution in [0.2, 0.25) is 0 Å². The topological polar surface area (TPSA) is 31.1 Å². The molecule has 0 aliphatic heterocycles. The molecule has 0 radical (unpaired) electrons. The smallest absolute Gasteiger partial charge is 0.169 e. The van der Waals surface area contributed by atoms with Crippen molar-refractivity contribution in [3.63, 3.8) is 0 Å². The summed E-state index contributed by atoms with van der Waals surface area (Å²) in [7, 11) is 0. The van der Waals surface area contributed by atoms with Gasteiger partial charge < -0.3 is 15.2 Å². The molecule has 2 aromatic carbocycles. The Morgan fingerprint density at radius 3 is 2.67 bits per heavy atom. The normalized spacial score (nSPS) is 11.0. The molecule has 0 aliphatic carbocycles. The van der Waals surface area contributed by atoms with Crippen LogP contribution in [-0.4, -0.2) is 21.5 Å². The average molecular weight is 434 g/mol. The molecule has 0 bridgehead atoms. The summed E-state index contributed by atoms with van der Waals surface area (Å²) in [4.78, 5) is 7.15. The monoisotopic (exact) mass is 433 g/mol. The maximum absolute atomic E-state index is 5.80. The van der Waals surface area contributed by atoms with E-state index < -0.39 is 0 Å². The summed E-state index contributed by atoms with van der Waals surface area (Å²) in [6.45, 7) is 6.77. The van der Waals surface area contributed by atoms with Crippen LogP contribution in [0.5, 0.6) is 0 Å². The molecule has 0 amide bonds. The summed E-state index contributed by atoms with van der Waals surface area (Å²) in [5, 5.41) is 7.71. The van der Waals surface area contributed by atoms with Gasteiger partial charge in [0.05, 0.1) is 6.54 Å². The lowest BCUT2D eigenvalue weighted by Gasteiger charge is -2.26. The molecule has 3 nitrogen and oxygen atoms in total. The number of rotatable bonds is 7. The van der Waals surface area contributed by atoms with Gasteiger partial charge in [-0.15, -0.1) is 11.3 Å². The van der Waals surface area contributed by atoms with E-state index in [0.717, 1.165) is 31.2 Å². The molecule has 4 aromatic rings. The summed E-state index contributed by atoms with van der Waals surface area (Å²) in [6, 6.07) is 21.3. The zero-order valence-electron chi connectivity index (χ0n) is 17.4. The summed E-state index contributed by atoms with van der Waals surface area (Å²) in [6.07, 6.45) is 0.952. The standard InChI is InChI=1S/C25H27N3S2/c1-18-10-11-24-23(15-18)22(19(2)27-24)12-13-28(17-21-9-6-14-30-21)25(29)26-16-20-7-4-3-5-8-20/h3-11,14-15,27H,12-13,16-17H2,1-2H3,(H,26,29). The highest BCUT2D eigenvalue weighted by Crippen LogP contribution is 2.24. The van der Waals surface area contributed by atoms with Gasteiger partial charge in [0, 0.05) is 34.6 Å². The Kier molecular flexibility index (Phi) is 6.50. The number of H-pyrrole nitrogens is 1. The molecule has 0 atom stereocenters. The number of nitrogens with zero attached hydrogens (tertiary/aromatic N) is 1. The molecule has 30 heavy (non-hydrogen) atoms. The first kappa shape index (κ1) is 20.6. The highest BCUT2D eigenvalue weighted by molar-refractivity contribution is 7.80. The van der Waals surface area contributed by atoms with Gasteiger partial charge in [-0.1, -0.05) is 48.0 Å². The van der Waals surface area contributed by atoms with Crippen LogP contribution in [0.4, 0.5) is 0 Å². The van der Waals surface area contributed by atoms with Crippen LogP contribution in [0.3, 0.4) is 0 Å². The number of hydrogen-bond donors (Lipinski definition) is 2. The quantitative estimate of drug-likeness (QED) is 0.352. The number of aromatic amines is 1. The molecular formula is C25H27N3S2. The molecule has 2 heterocycles. The largest absolute Gasteiger partial charge is 0.358 e. The second-order valence-electron chi connectivity index (χ2n) is 7.67. The Balaban J connectivity index is 1.49. The van der Waals surface area contributed by atoms with E-state index in [4.69, 9.17) is 12.2 Å². The van der Waals surface area contributed by atoms with Crippen molar-refractivity contribution < 1.29 is 0 Å². The number of aromatic nitrogens is 1. The summed E-state index contributed by atoms with van der Waals surface area (Å²) in [5.41, 5.74) is 6.37. The van der Waals surface area contributed by atoms with E-state index in [1.165, 1.54) is 38.2 Å². The molecule has 4 rings (SSSR count). The Bertz CT molecular complexity index is 1110. The number of hydrogen-bond acceptors (Lipinski definition) is 2. The van der Waals surface area contributed by atoms with Gasteiger partial charge in [0.25, 0.3) is 0 Å². The van der Waals surface area contributed by atoms with Crippen LogP contribution in [0.1, 0.15) is 27.3 Å². The number of aryl methyl sites for hydroxylation is 2. The van der Waals surface area contributed by atoms with Gasteiger partial charge in [0.2, 0.25) is 0 Å². The molecule has 0 fully saturated rings. The Morgan fingerprint density at radius 2 is 1.90 bits per heavy atom. The lowest BCUT2D eigenvalue weighted by molar-refractivity contribution is 0.412.